The fraction of sp³-hybridized carbons (Fsp3) is 0.0435. The van der Waals surface area contributed by atoms with Crippen LogP contribution in [0.15, 0.2) is 88.5 Å². The summed E-state index contributed by atoms with van der Waals surface area (Å²) in [5, 5.41) is 6.95. The fourth-order valence-electron chi connectivity index (χ4n) is 3.06. The molecule has 7 nitrogen and oxygen atoms in total. The van der Waals surface area contributed by atoms with Crippen molar-refractivity contribution < 1.29 is 9.18 Å². The third-order valence-electron chi connectivity index (χ3n) is 4.66. The molecule has 1 heterocycles. The average molecular weight is 451 g/mol. The standard InChI is InChI=1S/C23H16ClFN4O3/c24-19-9-5-4-6-15(19)14-28-22(31)20(21(30)26-17-7-2-1-3-8-17)27-29(23(28)32)18-12-10-16(25)11-13-18/h1-13H,14H2,(H,26,30). The molecule has 0 aliphatic carbocycles. The highest BCUT2D eigenvalue weighted by Crippen LogP contribution is 2.15. The largest absolute Gasteiger partial charge is 0.352 e. The van der Waals surface area contributed by atoms with Gasteiger partial charge in [0.2, 0.25) is 5.69 Å². The smallest absolute Gasteiger partial charge is 0.320 e. The van der Waals surface area contributed by atoms with Gasteiger partial charge in [0.05, 0.1) is 12.2 Å². The molecule has 4 rings (SSSR count). The van der Waals surface area contributed by atoms with Crippen LogP contribution in [-0.4, -0.2) is 20.3 Å². The van der Waals surface area contributed by atoms with Crippen molar-refractivity contribution >= 4 is 23.2 Å². The summed E-state index contributed by atoms with van der Waals surface area (Å²) in [5.41, 5.74) is -1.00. The molecule has 160 valence electrons. The third-order valence-corrected chi connectivity index (χ3v) is 5.03. The number of nitrogens with one attached hydrogen (secondary N) is 1. The van der Waals surface area contributed by atoms with Crippen molar-refractivity contribution in [2.45, 2.75) is 6.54 Å². The lowest BCUT2D eigenvalue weighted by molar-refractivity contribution is 0.101. The van der Waals surface area contributed by atoms with Crippen molar-refractivity contribution in [3.8, 4) is 5.69 Å². The van der Waals surface area contributed by atoms with Gasteiger partial charge in [0.1, 0.15) is 5.82 Å². The van der Waals surface area contributed by atoms with E-state index in [2.05, 4.69) is 10.4 Å². The molecule has 0 unspecified atom stereocenters. The minimum Gasteiger partial charge on any atom is -0.320 e. The van der Waals surface area contributed by atoms with Crippen molar-refractivity contribution in [2.75, 3.05) is 5.32 Å². The molecule has 4 aromatic rings. The number of carbonyl (C=O) groups is 1. The van der Waals surface area contributed by atoms with Gasteiger partial charge in [0.15, 0.2) is 0 Å². The molecule has 0 saturated carbocycles. The van der Waals surface area contributed by atoms with Crippen LogP contribution in [0.1, 0.15) is 16.1 Å². The van der Waals surface area contributed by atoms with Gasteiger partial charge >= 0.3 is 5.69 Å². The Kier molecular flexibility index (Phi) is 5.96. The first-order valence-corrected chi connectivity index (χ1v) is 9.92. The highest BCUT2D eigenvalue weighted by molar-refractivity contribution is 6.31. The van der Waals surface area contributed by atoms with Gasteiger partial charge in [-0.15, -0.1) is 0 Å². The summed E-state index contributed by atoms with van der Waals surface area (Å²) in [5.74, 6) is -1.29. The Labute approximate surface area is 186 Å². The van der Waals surface area contributed by atoms with Gasteiger partial charge in [0, 0.05) is 10.7 Å². The lowest BCUT2D eigenvalue weighted by atomic mass is 10.2. The SMILES string of the molecule is O=C(Nc1ccccc1)c1nn(-c2ccc(F)cc2)c(=O)n(Cc2ccccc2Cl)c1=O. The van der Waals surface area contributed by atoms with Crippen LogP contribution in [0.5, 0.6) is 0 Å². The van der Waals surface area contributed by atoms with E-state index in [1.54, 1.807) is 54.6 Å². The van der Waals surface area contributed by atoms with Crippen LogP contribution in [0.25, 0.3) is 5.69 Å². The summed E-state index contributed by atoms with van der Waals surface area (Å²) in [7, 11) is 0. The summed E-state index contributed by atoms with van der Waals surface area (Å²) >= 11 is 6.20. The van der Waals surface area contributed by atoms with E-state index in [1.807, 2.05) is 0 Å². The number of hydrogen-bond acceptors (Lipinski definition) is 4. The number of carbonyl (C=O) groups excluding carboxylic acids is 1. The lowest BCUT2D eigenvalue weighted by Crippen LogP contribution is -2.45. The van der Waals surface area contributed by atoms with Gasteiger partial charge in [-0.25, -0.2) is 9.18 Å². The van der Waals surface area contributed by atoms with Gasteiger partial charge in [-0.3, -0.25) is 14.2 Å². The Balaban J connectivity index is 1.87. The molecule has 0 spiro atoms. The zero-order chi connectivity index (χ0) is 22.7. The summed E-state index contributed by atoms with van der Waals surface area (Å²) in [6, 6.07) is 20.2. The Bertz CT molecular complexity index is 1400. The van der Waals surface area contributed by atoms with Gasteiger partial charge in [-0.1, -0.05) is 48.0 Å². The van der Waals surface area contributed by atoms with Crippen LogP contribution in [-0.2, 0) is 6.54 Å². The van der Waals surface area contributed by atoms with E-state index in [9.17, 15) is 18.8 Å². The molecule has 1 aromatic heterocycles. The van der Waals surface area contributed by atoms with Gasteiger partial charge in [0.25, 0.3) is 11.5 Å². The zero-order valence-corrected chi connectivity index (χ0v) is 17.3. The number of rotatable bonds is 5. The molecule has 1 amide bonds. The first-order chi connectivity index (χ1) is 15.4. The second-order valence-corrected chi connectivity index (χ2v) is 7.23. The van der Waals surface area contributed by atoms with Crippen LogP contribution in [0, 0.1) is 5.82 Å². The summed E-state index contributed by atoms with van der Waals surface area (Å²) in [6.07, 6.45) is 0. The minimum absolute atomic E-state index is 0.174. The fourth-order valence-corrected chi connectivity index (χ4v) is 3.25. The predicted molar refractivity (Wildman–Crippen MR) is 119 cm³/mol. The van der Waals surface area contributed by atoms with E-state index in [-0.39, 0.29) is 12.2 Å². The first-order valence-electron chi connectivity index (χ1n) is 9.54. The van der Waals surface area contributed by atoms with Gasteiger partial charge in [-0.05, 0) is 48.0 Å². The third kappa shape index (κ3) is 4.35. The van der Waals surface area contributed by atoms with E-state index in [1.165, 1.54) is 12.1 Å². The molecule has 1 N–H and O–H groups in total. The molecule has 32 heavy (non-hydrogen) atoms. The average Bonchev–Trinajstić information content (AvgIpc) is 2.79. The predicted octanol–water partition coefficient (Wildman–Crippen LogP) is 3.49. The number of hydrogen-bond donors (Lipinski definition) is 1. The molecular weight excluding hydrogens is 435 g/mol. The van der Waals surface area contributed by atoms with Crippen LogP contribution in [0.3, 0.4) is 0 Å². The van der Waals surface area contributed by atoms with Crippen LogP contribution >= 0.6 is 11.6 Å². The van der Waals surface area contributed by atoms with Gasteiger partial charge < -0.3 is 5.32 Å². The molecule has 0 bridgehead atoms. The van der Waals surface area contributed by atoms with Crippen molar-refractivity contribution in [3.05, 3.63) is 122 Å². The summed E-state index contributed by atoms with van der Waals surface area (Å²) in [4.78, 5) is 39.1. The minimum atomic E-state index is -0.873. The second-order valence-electron chi connectivity index (χ2n) is 6.82. The monoisotopic (exact) mass is 450 g/mol. The number of amides is 1. The number of anilines is 1. The Morgan fingerprint density at radius 3 is 2.28 bits per heavy atom. The molecule has 0 saturated heterocycles. The van der Waals surface area contributed by atoms with Crippen molar-refractivity contribution in [2.24, 2.45) is 0 Å². The molecule has 0 radical (unpaired) electrons. The maximum Gasteiger partial charge on any atom is 0.352 e. The first kappa shape index (κ1) is 21.2. The zero-order valence-electron chi connectivity index (χ0n) is 16.5. The topological polar surface area (TPSA) is 86.0 Å². The number of benzene rings is 3. The second kappa shape index (κ2) is 8.99. The number of halogens is 2. The quantitative estimate of drug-likeness (QED) is 0.504. The highest BCUT2D eigenvalue weighted by Gasteiger charge is 2.21. The molecule has 0 atom stereocenters. The molecule has 9 heteroatoms. The van der Waals surface area contributed by atoms with Crippen molar-refractivity contribution in [1.29, 1.82) is 0 Å². The maximum atomic E-state index is 13.4. The highest BCUT2D eigenvalue weighted by atomic mass is 35.5. The molecule has 0 aliphatic rings. The molecule has 0 aliphatic heterocycles. The summed E-state index contributed by atoms with van der Waals surface area (Å²) < 4.78 is 15.1. The van der Waals surface area contributed by atoms with Crippen molar-refractivity contribution in [3.63, 3.8) is 0 Å². The van der Waals surface area contributed by atoms with Crippen LogP contribution < -0.4 is 16.6 Å². The van der Waals surface area contributed by atoms with Crippen molar-refractivity contribution in [1.82, 2.24) is 14.3 Å². The van der Waals surface area contributed by atoms with E-state index in [0.717, 1.165) is 21.4 Å². The van der Waals surface area contributed by atoms with Gasteiger partial charge in [-0.2, -0.15) is 9.78 Å². The number of para-hydroxylation sites is 1. The van der Waals surface area contributed by atoms with E-state index in [4.69, 9.17) is 11.6 Å². The van der Waals surface area contributed by atoms with E-state index in [0.29, 0.717) is 16.3 Å². The van der Waals surface area contributed by atoms with E-state index >= 15 is 0 Å². The number of aromatic nitrogens is 3. The molecule has 0 fully saturated rings. The van der Waals surface area contributed by atoms with Crippen LogP contribution in [0.2, 0.25) is 5.02 Å². The van der Waals surface area contributed by atoms with Crippen LogP contribution in [0.4, 0.5) is 10.1 Å². The Morgan fingerprint density at radius 2 is 1.59 bits per heavy atom. The lowest BCUT2D eigenvalue weighted by Gasteiger charge is -2.13. The normalized spacial score (nSPS) is 10.7. The molecular formula is C23H16ClFN4O3. The molecule has 3 aromatic carbocycles. The Morgan fingerprint density at radius 1 is 0.938 bits per heavy atom. The summed E-state index contributed by atoms with van der Waals surface area (Å²) in [6.45, 7) is -0.174. The van der Waals surface area contributed by atoms with E-state index < -0.39 is 28.7 Å². The number of nitrogens with zero attached hydrogens (tertiary/aromatic N) is 3. The Hall–Kier alpha value is -4.04. The maximum absolute atomic E-state index is 13.4.